The van der Waals surface area contributed by atoms with Crippen molar-refractivity contribution in [3.05, 3.63) is 57.1 Å². The molecular weight excluding hydrogens is 435 g/mol. The van der Waals surface area contributed by atoms with Crippen LogP contribution in [0.5, 0.6) is 11.5 Å². The third-order valence-corrected chi connectivity index (χ3v) is 5.34. The highest BCUT2D eigenvalue weighted by molar-refractivity contribution is 7.80. The Morgan fingerprint density at radius 3 is 2.31 bits per heavy atom. The van der Waals surface area contributed by atoms with Gasteiger partial charge in [0.25, 0.3) is 11.8 Å². The van der Waals surface area contributed by atoms with Gasteiger partial charge in [-0.3, -0.25) is 19.8 Å². The molecule has 1 saturated heterocycles. The Hall–Kier alpha value is -2.61. The Balaban J connectivity index is 2.07. The maximum Gasteiger partial charge on any atom is 0.270 e. The molecule has 2 aromatic carbocycles. The molecule has 0 saturated carbocycles. The summed E-state index contributed by atoms with van der Waals surface area (Å²) in [4.78, 5) is 26.8. The van der Waals surface area contributed by atoms with E-state index in [1.807, 2.05) is 6.92 Å². The second-order valence-electron chi connectivity index (χ2n) is 6.12. The molecule has 0 aliphatic carbocycles. The molecule has 29 heavy (non-hydrogen) atoms. The normalized spacial score (nSPS) is 15.6. The summed E-state index contributed by atoms with van der Waals surface area (Å²) in [6, 6.07) is 8.19. The fraction of sp³-hybridized carbons (Fsp3) is 0.150. The number of ether oxygens (including phenoxy) is 2. The number of benzene rings is 2. The fourth-order valence-electron chi connectivity index (χ4n) is 2.75. The van der Waals surface area contributed by atoms with Crippen molar-refractivity contribution in [3.63, 3.8) is 0 Å². The summed E-state index contributed by atoms with van der Waals surface area (Å²) in [6.07, 6.45) is 1.38. The van der Waals surface area contributed by atoms with E-state index in [-0.39, 0.29) is 15.7 Å². The second kappa shape index (κ2) is 8.41. The lowest BCUT2D eigenvalue weighted by molar-refractivity contribution is -0.122. The van der Waals surface area contributed by atoms with E-state index >= 15 is 0 Å². The molecular formula is C20H16Cl2N2O4S. The number of carbonyl (C=O) groups is 2. The third kappa shape index (κ3) is 4.07. The van der Waals surface area contributed by atoms with Crippen LogP contribution in [0.4, 0.5) is 5.69 Å². The van der Waals surface area contributed by atoms with Crippen molar-refractivity contribution in [3.8, 4) is 11.5 Å². The molecule has 0 atom stereocenters. The van der Waals surface area contributed by atoms with Gasteiger partial charge >= 0.3 is 0 Å². The van der Waals surface area contributed by atoms with Gasteiger partial charge in [-0.1, -0.05) is 29.3 Å². The summed E-state index contributed by atoms with van der Waals surface area (Å²) in [5.41, 5.74) is 1.57. The van der Waals surface area contributed by atoms with E-state index in [0.717, 1.165) is 5.56 Å². The van der Waals surface area contributed by atoms with Crippen LogP contribution in [-0.2, 0) is 9.59 Å². The molecule has 1 fully saturated rings. The molecule has 150 valence electrons. The molecule has 6 nitrogen and oxygen atoms in total. The van der Waals surface area contributed by atoms with Crippen LogP contribution >= 0.6 is 35.4 Å². The molecule has 1 aliphatic rings. The van der Waals surface area contributed by atoms with E-state index in [1.54, 1.807) is 30.3 Å². The van der Waals surface area contributed by atoms with Crippen molar-refractivity contribution in [2.75, 3.05) is 19.1 Å². The van der Waals surface area contributed by atoms with E-state index in [4.69, 9.17) is 44.9 Å². The minimum absolute atomic E-state index is 0.0320. The van der Waals surface area contributed by atoms with Gasteiger partial charge in [0.05, 0.1) is 24.9 Å². The van der Waals surface area contributed by atoms with E-state index in [2.05, 4.69) is 5.32 Å². The van der Waals surface area contributed by atoms with Gasteiger partial charge in [0.2, 0.25) is 0 Å². The maximum absolute atomic E-state index is 13.1. The zero-order valence-electron chi connectivity index (χ0n) is 15.7. The van der Waals surface area contributed by atoms with Gasteiger partial charge in [-0.25, -0.2) is 0 Å². The molecule has 9 heteroatoms. The van der Waals surface area contributed by atoms with Crippen LogP contribution in [0, 0.1) is 6.92 Å². The molecule has 3 rings (SSSR count). The van der Waals surface area contributed by atoms with Gasteiger partial charge in [0.1, 0.15) is 5.57 Å². The van der Waals surface area contributed by atoms with E-state index in [0.29, 0.717) is 27.8 Å². The first-order chi connectivity index (χ1) is 13.8. The lowest BCUT2D eigenvalue weighted by Gasteiger charge is -2.29. The summed E-state index contributed by atoms with van der Waals surface area (Å²) in [5, 5.41) is 3.25. The van der Waals surface area contributed by atoms with Crippen LogP contribution in [0.3, 0.4) is 0 Å². The van der Waals surface area contributed by atoms with Gasteiger partial charge in [-0.2, -0.15) is 0 Å². The van der Waals surface area contributed by atoms with E-state index in [1.165, 1.54) is 25.2 Å². The highest BCUT2D eigenvalue weighted by atomic mass is 35.5. The lowest BCUT2D eigenvalue weighted by atomic mass is 10.1. The van der Waals surface area contributed by atoms with Crippen molar-refractivity contribution in [2.45, 2.75) is 6.92 Å². The van der Waals surface area contributed by atoms with Gasteiger partial charge in [0, 0.05) is 11.1 Å². The van der Waals surface area contributed by atoms with Gasteiger partial charge in [-0.15, -0.1) is 0 Å². The average molecular weight is 451 g/mol. The Morgan fingerprint density at radius 1 is 1.03 bits per heavy atom. The van der Waals surface area contributed by atoms with Crippen LogP contribution in [-0.4, -0.2) is 31.1 Å². The highest BCUT2D eigenvalue weighted by Crippen LogP contribution is 2.35. The molecule has 0 spiro atoms. The SMILES string of the molecule is COc1cc(Cl)c(/C=C2\C(=O)NC(=S)N(c3ccc(C)c(Cl)c3)C2=O)cc1OC. The molecule has 1 aliphatic heterocycles. The predicted molar refractivity (Wildman–Crippen MR) is 117 cm³/mol. The number of thiocarbonyl (C=S) groups is 1. The minimum Gasteiger partial charge on any atom is -0.493 e. The number of halogens is 2. The van der Waals surface area contributed by atoms with Gasteiger partial charge < -0.3 is 9.47 Å². The number of carbonyl (C=O) groups excluding carboxylic acids is 2. The summed E-state index contributed by atoms with van der Waals surface area (Å²) >= 11 is 17.7. The lowest BCUT2D eigenvalue weighted by Crippen LogP contribution is -2.54. The number of nitrogens with one attached hydrogen (secondary N) is 1. The average Bonchev–Trinajstić information content (AvgIpc) is 2.68. The monoisotopic (exact) mass is 450 g/mol. The molecule has 0 unspecified atom stereocenters. The van der Waals surface area contributed by atoms with Crippen molar-refractivity contribution < 1.29 is 19.1 Å². The van der Waals surface area contributed by atoms with Gasteiger partial charge in [0.15, 0.2) is 16.6 Å². The number of anilines is 1. The number of hydrogen-bond donors (Lipinski definition) is 1. The van der Waals surface area contributed by atoms with Crippen LogP contribution in [0.25, 0.3) is 6.08 Å². The minimum atomic E-state index is -0.625. The number of nitrogens with zero attached hydrogens (tertiary/aromatic N) is 1. The molecule has 2 aromatic rings. The van der Waals surface area contributed by atoms with E-state index < -0.39 is 11.8 Å². The molecule has 0 bridgehead atoms. The first-order valence-corrected chi connectivity index (χ1v) is 9.52. The zero-order valence-corrected chi connectivity index (χ0v) is 18.0. The summed E-state index contributed by atoms with van der Waals surface area (Å²) in [7, 11) is 2.96. The molecule has 2 amide bonds. The Morgan fingerprint density at radius 2 is 1.69 bits per heavy atom. The van der Waals surface area contributed by atoms with E-state index in [9.17, 15) is 9.59 Å². The van der Waals surface area contributed by atoms with Crippen molar-refractivity contribution >= 4 is 64.1 Å². The number of methoxy groups -OCH3 is 2. The highest BCUT2D eigenvalue weighted by Gasteiger charge is 2.34. The molecule has 0 aromatic heterocycles. The summed E-state index contributed by atoms with van der Waals surface area (Å²) < 4.78 is 10.5. The third-order valence-electron chi connectivity index (χ3n) is 4.32. The number of amides is 2. The standard InChI is InChI=1S/C20H16Cl2N2O4S/c1-10-4-5-12(8-14(10)21)24-19(26)13(18(25)23-20(24)29)6-11-7-16(27-2)17(28-3)9-15(11)22/h4-9H,1-3H3,(H,23,25,29)/b13-6+. The topological polar surface area (TPSA) is 67.9 Å². The van der Waals surface area contributed by atoms with Crippen molar-refractivity contribution in [1.82, 2.24) is 5.32 Å². The molecule has 0 radical (unpaired) electrons. The summed E-state index contributed by atoms with van der Waals surface area (Å²) in [5.74, 6) is -0.383. The number of aryl methyl sites for hydroxylation is 1. The quantitative estimate of drug-likeness (QED) is 0.430. The van der Waals surface area contributed by atoms with Crippen LogP contribution in [0.1, 0.15) is 11.1 Å². The molecule has 1 heterocycles. The fourth-order valence-corrected chi connectivity index (χ4v) is 3.41. The second-order valence-corrected chi connectivity index (χ2v) is 7.32. The number of hydrogen-bond acceptors (Lipinski definition) is 5. The molecule has 1 N–H and O–H groups in total. The van der Waals surface area contributed by atoms with Crippen molar-refractivity contribution in [2.24, 2.45) is 0 Å². The Bertz CT molecular complexity index is 1070. The van der Waals surface area contributed by atoms with Crippen LogP contribution in [0.2, 0.25) is 10.0 Å². The zero-order chi connectivity index (χ0) is 21.3. The first kappa shape index (κ1) is 21.1. The Kier molecular flexibility index (Phi) is 6.12. The van der Waals surface area contributed by atoms with Crippen LogP contribution in [0.15, 0.2) is 35.9 Å². The van der Waals surface area contributed by atoms with Crippen LogP contribution < -0.4 is 19.7 Å². The summed E-state index contributed by atoms with van der Waals surface area (Å²) in [6.45, 7) is 1.84. The van der Waals surface area contributed by atoms with Gasteiger partial charge in [-0.05, 0) is 54.5 Å². The smallest absolute Gasteiger partial charge is 0.270 e. The maximum atomic E-state index is 13.1. The first-order valence-electron chi connectivity index (χ1n) is 8.36. The van der Waals surface area contributed by atoms with Crippen molar-refractivity contribution in [1.29, 1.82) is 0 Å². The number of rotatable bonds is 4. The Labute approximate surface area is 183 Å². The predicted octanol–water partition coefficient (Wildman–Crippen LogP) is 4.15. The largest absolute Gasteiger partial charge is 0.493 e.